The summed E-state index contributed by atoms with van der Waals surface area (Å²) in [5.41, 5.74) is 0. The quantitative estimate of drug-likeness (QED) is 0.243. The van der Waals surface area contributed by atoms with Crippen LogP contribution in [0.3, 0.4) is 0 Å². The zero-order valence-electron chi connectivity index (χ0n) is 8.93. The lowest BCUT2D eigenvalue weighted by Gasteiger charge is -2.15. The van der Waals surface area contributed by atoms with Gasteiger partial charge in [-0.3, -0.25) is 4.79 Å². The third kappa shape index (κ3) is 5.11. The summed E-state index contributed by atoms with van der Waals surface area (Å²) < 4.78 is 0. The van der Waals surface area contributed by atoms with Gasteiger partial charge in [-0.15, -0.1) is 11.8 Å². The molecule has 82 valence electrons. The Labute approximate surface area is 89.3 Å². The first-order valence-electron chi connectivity index (χ1n) is 4.69. The Balaban J connectivity index is 3.86. The summed E-state index contributed by atoms with van der Waals surface area (Å²) in [4.78, 5) is 12.8. The number of carbonyl (C=O) groups excluding carboxylic acids is 1. The molecule has 4 nitrogen and oxygen atoms in total. The number of hydrogen-bond acceptors (Lipinski definition) is 4. The number of rotatable bonds is 6. The second-order valence-corrected chi connectivity index (χ2v) is 4.50. The van der Waals surface area contributed by atoms with Crippen LogP contribution in [0, 0.1) is 0 Å². The van der Waals surface area contributed by atoms with Gasteiger partial charge in [0.15, 0.2) is 0 Å². The summed E-state index contributed by atoms with van der Waals surface area (Å²) in [6.07, 6.45) is 3.38. The van der Waals surface area contributed by atoms with Crippen LogP contribution >= 0.6 is 11.8 Å². The largest absolute Gasteiger partial charge is 0.410 e. The van der Waals surface area contributed by atoms with Crippen LogP contribution in [0.25, 0.3) is 0 Å². The minimum Gasteiger partial charge on any atom is -0.410 e. The van der Waals surface area contributed by atoms with E-state index in [2.05, 4.69) is 12.1 Å². The van der Waals surface area contributed by atoms with Crippen molar-refractivity contribution < 1.29 is 10.0 Å². The van der Waals surface area contributed by atoms with Crippen LogP contribution in [-0.4, -0.2) is 40.4 Å². The van der Waals surface area contributed by atoms with Gasteiger partial charge in [0.2, 0.25) is 5.91 Å². The van der Waals surface area contributed by atoms with Gasteiger partial charge in [0.25, 0.3) is 0 Å². The molecule has 0 heterocycles. The standard InChI is InChI=1S/C9H18N2O2S/c1-4-5-6-14-8(2)9(12)11(3)7-10-13/h7-8,13H,4-6H2,1-3H3. The molecule has 0 aromatic carbocycles. The van der Waals surface area contributed by atoms with Crippen LogP contribution in [0.2, 0.25) is 0 Å². The Morgan fingerprint density at radius 3 is 2.86 bits per heavy atom. The summed E-state index contributed by atoms with van der Waals surface area (Å²) in [5.74, 6) is 0.956. The SMILES string of the molecule is CCCCSC(C)C(=O)N(C)C=NO. The number of carbonyl (C=O) groups is 1. The average molecular weight is 218 g/mol. The molecule has 0 aromatic heterocycles. The number of unbranched alkanes of at least 4 members (excludes halogenated alkanes) is 1. The molecule has 1 atom stereocenters. The Morgan fingerprint density at radius 1 is 1.71 bits per heavy atom. The van der Waals surface area contributed by atoms with E-state index in [1.165, 1.54) is 4.90 Å². The van der Waals surface area contributed by atoms with Crippen molar-refractivity contribution in [3.63, 3.8) is 0 Å². The van der Waals surface area contributed by atoms with Crippen molar-refractivity contribution in [2.24, 2.45) is 5.16 Å². The van der Waals surface area contributed by atoms with Crippen LogP contribution in [-0.2, 0) is 4.79 Å². The molecule has 1 N–H and O–H groups in total. The molecule has 0 spiro atoms. The zero-order valence-corrected chi connectivity index (χ0v) is 9.75. The van der Waals surface area contributed by atoms with Gasteiger partial charge in [-0.05, 0) is 19.1 Å². The predicted molar refractivity (Wildman–Crippen MR) is 59.9 cm³/mol. The summed E-state index contributed by atoms with van der Waals surface area (Å²) >= 11 is 1.63. The topological polar surface area (TPSA) is 52.9 Å². The first-order chi connectivity index (χ1) is 6.63. The molecule has 0 aliphatic rings. The Hall–Kier alpha value is -0.710. The van der Waals surface area contributed by atoms with E-state index >= 15 is 0 Å². The molecule has 0 fully saturated rings. The van der Waals surface area contributed by atoms with Crippen LogP contribution in [0.5, 0.6) is 0 Å². The molecule has 0 rings (SSSR count). The van der Waals surface area contributed by atoms with Crippen molar-refractivity contribution in [2.45, 2.75) is 31.9 Å². The van der Waals surface area contributed by atoms with Crippen molar-refractivity contribution in [1.29, 1.82) is 0 Å². The molecule has 14 heavy (non-hydrogen) atoms. The molecule has 0 saturated heterocycles. The summed E-state index contributed by atoms with van der Waals surface area (Å²) in [6, 6.07) is 0. The summed E-state index contributed by atoms with van der Waals surface area (Å²) in [6.45, 7) is 3.99. The van der Waals surface area contributed by atoms with E-state index in [0.29, 0.717) is 0 Å². The third-order valence-corrected chi connectivity index (χ3v) is 3.01. The molecule has 1 amide bonds. The second kappa shape index (κ2) is 7.67. The molecule has 0 aliphatic heterocycles. The summed E-state index contributed by atoms with van der Waals surface area (Å²) in [7, 11) is 1.58. The van der Waals surface area contributed by atoms with Crippen molar-refractivity contribution >= 4 is 24.0 Å². The fourth-order valence-electron chi connectivity index (χ4n) is 0.897. The molecule has 0 aromatic rings. The molecule has 0 saturated carbocycles. The van der Waals surface area contributed by atoms with E-state index in [-0.39, 0.29) is 11.2 Å². The maximum atomic E-state index is 11.5. The zero-order chi connectivity index (χ0) is 11.0. The van der Waals surface area contributed by atoms with Gasteiger partial charge in [-0.1, -0.05) is 18.5 Å². The summed E-state index contributed by atoms with van der Waals surface area (Å²) in [5, 5.41) is 11.0. The van der Waals surface area contributed by atoms with Crippen LogP contribution in [0.4, 0.5) is 0 Å². The lowest BCUT2D eigenvalue weighted by molar-refractivity contribution is -0.125. The lowest BCUT2D eigenvalue weighted by atomic mass is 10.4. The number of hydrogen-bond donors (Lipinski definition) is 1. The lowest BCUT2D eigenvalue weighted by Crippen LogP contribution is -2.32. The number of thioether (sulfide) groups is 1. The molecule has 1 unspecified atom stereocenters. The van der Waals surface area contributed by atoms with Crippen molar-refractivity contribution in [3.8, 4) is 0 Å². The van der Waals surface area contributed by atoms with Gasteiger partial charge in [0.1, 0.15) is 6.34 Å². The van der Waals surface area contributed by atoms with Crippen LogP contribution < -0.4 is 0 Å². The van der Waals surface area contributed by atoms with Crippen molar-refractivity contribution in [2.75, 3.05) is 12.8 Å². The fourth-order valence-corrected chi connectivity index (χ4v) is 2.01. The normalized spacial score (nSPS) is 13.1. The first-order valence-corrected chi connectivity index (χ1v) is 5.74. The fraction of sp³-hybridized carbons (Fsp3) is 0.778. The minimum atomic E-state index is -0.0791. The van der Waals surface area contributed by atoms with Crippen LogP contribution in [0.1, 0.15) is 26.7 Å². The van der Waals surface area contributed by atoms with Gasteiger partial charge in [-0.25, -0.2) is 0 Å². The second-order valence-electron chi connectivity index (χ2n) is 3.05. The molecule has 0 bridgehead atoms. The Morgan fingerprint density at radius 2 is 2.36 bits per heavy atom. The Bertz CT molecular complexity index is 197. The van der Waals surface area contributed by atoms with Gasteiger partial charge >= 0.3 is 0 Å². The van der Waals surface area contributed by atoms with Crippen molar-refractivity contribution in [3.05, 3.63) is 0 Å². The van der Waals surface area contributed by atoms with E-state index in [1.54, 1.807) is 18.8 Å². The minimum absolute atomic E-state index is 0.0381. The maximum absolute atomic E-state index is 11.5. The van der Waals surface area contributed by atoms with Crippen molar-refractivity contribution in [1.82, 2.24) is 4.90 Å². The number of amides is 1. The highest BCUT2D eigenvalue weighted by molar-refractivity contribution is 8.00. The average Bonchev–Trinajstić information content (AvgIpc) is 2.17. The predicted octanol–water partition coefficient (Wildman–Crippen LogP) is 1.78. The molecule has 0 radical (unpaired) electrons. The highest BCUT2D eigenvalue weighted by Crippen LogP contribution is 2.14. The van der Waals surface area contributed by atoms with Gasteiger partial charge in [0.05, 0.1) is 5.25 Å². The first kappa shape index (κ1) is 13.3. The van der Waals surface area contributed by atoms with E-state index in [0.717, 1.165) is 24.9 Å². The highest BCUT2D eigenvalue weighted by Gasteiger charge is 2.16. The molecular formula is C9H18N2O2S. The van der Waals surface area contributed by atoms with Gasteiger partial charge in [-0.2, -0.15) is 0 Å². The maximum Gasteiger partial charge on any atom is 0.240 e. The van der Waals surface area contributed by atoms with E-state index in [9.17, 15) is 4.79 Å². The van der Waals surface area contributed by atoms with Gasteiger partial charge in [0, 0.05) is 7.05 Å². The highest BCUT2D eigenvalue weighted by atomic mass is 32.2. The van der Waals surface area contributed by atoms with E-state index in [4.69, 9.17) is 5.21 Å². The smallest absolute Gasteiger partial charge is 0.240 e. The van der Waals surface area contributed by atoms with E-state index in [1.807, 2.05) is 6.92 Å². The Kier molecular flexibility index (Phi) is 7.28. The van der Waals surface area contributed by atoms with Crippen LogP contribution in [0.15, 0.2) is 5.16 Å². The van der Waals surface area contributed by atoms with Gasteiger partial charge < -0.3 is 10.1 Å². The third-order valence-electron chi connectivity index (χ3n) is 1.79. The number of oxime groups is 1. The number of nitrogens with zero attached hydrogens (tertiary/aromatic N) is 2. The monoisotopic (exact) mass is 218 g/mol. The molecule has 5 heteroatoms. The van der Waals surface area contributed by atoms with E-state index < -0.39 is 0 Å². The molecule has 0 aliphatic carbocycles. The molecular weight excluding hydrogens is 200 g/mol.